The molecule has 1 saturated carbocycles. The van der Waals surface area contributed by atoms with E-state index in [2.05, 4.69) is 0 Å². The first-order chi connectivity index (χ1) is 8.44. The van der Waals surface area contributed by atoms with Crippen molar-refractivity contribution in [3.05, 3.63) is 0 Å². The fraction of sp³-hybridized carbons (Fsp3) is 0.857. The maximum atomic E-state index is 12.2. The summed E-state index contributed by atoms with van der Waals surface area (Å²) >= 11 is 0. The van der Waals surface area contributed by atoms with E-state index in [1.807, 2.05) is 13.8 Å². The summed E-state index contributed by atoms with van der Waals surface area (Å²) in [5, 5.41) is 0. The van der Waals surface area contributed by atoms with Crippen molar-refractivity contribution in [2.75, 3.05) is 6.54 Å². The molecular weight excluding hydrogens is 228 g/mol. The van der Waals surface area contributed by atoms with Gasteiger partial charge < -0.3 is 5.73 Å². The van der Waals surface area contributed by atoms with E-state index in [4.69, 9.17) is 5.73 Å². The van der Waals surface area contributed by atoms with E-state index in [0.29, 0.717) is 25.3 Å². The highest BCUT2D eigenvalue weighted by Gasteiger charge is 2.43. The number of hydrogen-bond acceptors (Lipinski definition) is 3. The van der Waals surface area contributed by atoms with Gasteiger partial charge in [0.15, 0.2) is 0 Å². The lowest BCUT2D eigenvalue weighted by atomic mass is 9.78. The van der Waals surface area contributed by atoms with Crippen molar-refractivity contribution in [1.29, 1.82) is 0 Å². The van der Waals surface area contributed by atoms with Crippen LogP contribution >= 0.6 is 0 Å². The van der Waals surface area contributed by atoms with Gasteiger partial charge >= 0.3 is 0 Å². The lowest BCUT2D eigenvalue weighted by Gasteiger charge is -2.43. The molecule has 4 nitrogen and oxygen atoms in total. The summed E-state index contributed by atoms with van der Waals surface area (Å²) in [5.41, 5.74) is 5.61. The molecule has 0 radical (unpaired) electrons. The standard InChI is InChI=1S/C14H24N2O2/c1-14(2)7-12(17)16(13(18)8-14)11-6-4-3-5-10(11)9-15/h10-11H,3-9,15H2,1-2H3. The molecule has 0 aromatic heterocycles. The van der Waals surface area contributed by atoms with Crippen LogP contribution in [0.15, 0.2) is 0 Å². The molecule has 1 saturated heterocycles. The number of piperidine rings is 1. The van der Waals surface area contributed by atoms with E-state index in [1.54, 1.807) is 4.90 Å². The second-order valence-electron chi connectivity index (χ2n) is 6.52. The number of carbonyl (C=O) groups excluding carboxylic acids is 2. The summed E-state index contributed by atoms with van der Waals surface area (Å²) in [6, 6.07) is 0.0554. The molecule has 1 aliphatic carbocycles. The first-order valence-electron chi connectivity index (χ1n) is 6.99. The van der Waals surface area contributed by atoms with Gasteiger partial charge in [-0.25, -0.2) is 0 Å². The van der Waals surface area contributed by atoms with Gasteiger partial charge in [0.1, 0.15) is 0 Å². The van der Waals surface area contributed by atoms with Crippen molar-refractivity contribution >= 4 is 11.8 Å². The molecule has 1 heterocycles. The Bertz CT molecular complexity index is 332. The van der Waals surface area contributed by atoms with Crippen molar-refractivity contribution in [3.8, 4) is 0 Å². The predicted molar refractivity (Wildman–Crippen MR) is 69.7 cm³/mol. The minimum absolute atomic E-state index is 0.00148. The molecule has 2 N–H and O–H groups in total. The van der Waals surface area contributed by atoms with E-state index in [9.17, 15) is 9.59 Å². The van der Waals surface area contributed by atoms with Crippen LogP contribution in [0.3, 0.4) is 0 Å². The highest BCUT2D eigenvalue weighted by molar-refractivity contribution is 5.98. The third-order valence-electron chi connectivity index (χ3n) is 4.30. The smallest absolute Gasteiger partial charge is 0.229 e. The Labute approximate surface area is 109 Å². The predicted octanol–water partition coefficient (Wildman–Crippen LogP) is 1.68. The quantitative estimate of drug-likeness (QED) is 0.760. The molecule has 2 amide bonds. The van der Waals surface area contributed by atoms with Gasteiger partial charge in [0, 0.05) is 18.9 Å². The van der Waals surface area contributed by atoms with Gasteiger partial charge in [-0.05, 0) is 30.7 Å². The lowest BCUT2D eigenvalue weighted by Crippen LogP contribution is -2.55. The van der Waals surface area contributed by atoms with Crippen LogP contribution in [-0.4, -0.2) is 29.3 Å². The largest absolute Gasteiger partial charge is 0.330 e. The minimum Gasteiger partial charge on any atom is -0.330 e. The maximum absolute atomic E-state index is 12.2. The highest BCUT2D eigenvalue weighted by atomic mass is 16.2. The molecular formula is C14H24N2O2. The number of hydrogen-bond donors (Lipinski definition) is 1. The normalized spacial score (nSPS) is 32.7. The molecule has 2 rings (SSSR count). The van der Waals surface area contributed by atoms with Gasteiger partial charge in [-0.1, -0.05) is 26.7 Å². The zero-order valence-electron chi connectivity index (χ0n) is 11.4. The number of carbonyl (C=O) groups is 2. The van der Waals surface area contributed by atoms with Crippen LogP contribution in [0.4, 0.5) is 0 Å². The Morgan fingerprint density at radius 3 is 2.28 bits per heavy atom. The fourth-order valence-corrected chi connectivity index (χ4v) is 3.36. The van der Waals surface area contributed by atoms with Crippen LogP contribution in [0.2, 0.25) is 0 Å². The van der Waals surface area contributed by atoms with Crippen molar-refractivity contribution in [3.63, 3.8) is 0 Å². The monoisotopic (exact) mass is 252 g/mol. The second kappa shape index (κ2) is 5.00. The molecule has 0 bridgehead atoms. The number of rotatable bonds is 2. The summed E-state index contributed by atoms with van der Waals surface area (Å²) < 4.78 is 0. The van der Waals surface area contributed by atoms with Crippen molar-refractivity contribution < 1.29 is 9.59 Å². The Morgan fingerprint density at radius 1 is 1.17 bits per heavy atom. The second-order valence-corrected chi connectivity index (χ2v) is 6.52. The van der Waals surface area contributed by atoms with Crippen LogP contribution in [0.1, 0.15) is 52.4 Å². The average Bonchev–Trinajstić information content (AvgIpc) is 2.27. The Morgan fingerprint density at radius 2 is 1.72 bits per heavy atom. The van der Waals surface area contributed by atoms with E-state index < -0.39 is 0 Å². The van der Waals surface area contributed by atoms with Gasteiger partial charge in [0.05, 0.1) is 0 Å². The van der Waals surface area contributed by atoms with Crippen molar-refractivity contribution in [2.24, 2.45) is 17.1 Å². The maximum Gasteiger partial charge on any atom is 0.229 e. The molecule has 2 aliphatic rings. The molecule has 102 valence electrons. The Hall–Kier alpha value is -0.900. The summed E-state index contributed by atoms with van der Waals surface area (Å²) in [6.45, 7) is 4.55. The van der Waals surface area contributed by atoms with Crippen LogP contribution in [0.5, 0.6) is 0 Å². The Balaban J connectivity index is 2.16. The Kier molecular flexibility index (Phi) is 3.76. The third kappa shape index (κ3) is 2.58. The highest BCUT2D eigenvalue weighted by Crippen LogP contribution is 2.36. The van der Waals surface area contributed by atoms with Crippen molar-refractivity contribution in [2.45, 2.75) is 58.4 Å². The number of likely N-dealkylation sites (tertiary alicyclic amines) is 1. The molecule has 2 atom stereocenters. The van der Waals surface area contributed by atoms with E-state index in [1.165, 1.54) is 6.42 Å². The molecule has 0 aromatic carbocycles. The zero-order valence-corrected chi connectivity index (χ0v) is 11.4. The van der Waals surface area contributed by atoms with Crippen LogP contribution in [0.25, 0.3) is 0 Å². The number of nitrogens with two attached hydrogens (primary N) is 1. The average molecular weight is 252 g/mol. The molecule has 0 aromatic rings. The summed E-state index contributed by atoms with van der Waals surface area (Å²) in [7, 11) is 0. The van der Waals surface area contributed by atoms with Crippen LogP contribution < -0.4 is 5.73 Å². The van der Waals surface area contributed by atoms with E-state index >= 15 is 0 Å². The van der Waals surface area contributed by atoms with Crippen LogP contribution in [-0.2, 0) is 9.59 Å². The first-order valence-corrected chi connectivity index (χ1v) is 6.99. The minimum atomic E-state index is -0.183. The molecule has 0 spiro atoms. The molecule has 2 unspecified atom stereocenters. The number of amides is 2. The summed E-state index contributed by atoms with van der Waals surface area (Å²) in [4.78, 5) is 26.0. The molecule has 18 heavy (non-hydrogen) atoms. The third-order valence-corrected chi connectivity index (χ3v) is 4.30. The van der Waals surface area contributed by atoms with Gasteiger partial charge in [0.25, 0.3) is 0 Å². The molecule has 4 heteroatoms. The molecule has 1 aliphatic heterocycles. The zero-order chi connectivity index (χ0) is 13.3. The fourth-order valence-electron chi connectivity index (χ4n) is 3.36. The van der Waals surface area contributed by atoms with Crippen LogP contribution in [0, 0.1) is 11.3 Å². The van der Waals surface area contributed by atoms with Gasteiger partial charge in [0.2, 0.25) is 11.8 Å². The first kappa shape index (κ1) is 13.5. The lowest BCUT2D eigenvalue weighted by molar-refractivity contribution is -0.157. The van der Waals surface area contributed by atoms with Gasteiger partial charge in [-0.15, -0.1) is 0 Å². The number of imide groups is 1. The van der Waals surface area contributed by atoms with Crippen molar-refractivity contribution in [1.82, 2.24) is 4.90 Å². The topological polar surface area (TPSA) is 63.4 Å². The summed E-state index contributed by atoms with van der Waals surface area (Å²) in [6.07, 6.45) is 5.20. The van der Waals surface area contributed by atoms with E-state index in [-0.39, 0.29) is 23.3 Å². The SMILES string of the molecule is CC1(C)CC(=O)N(C2CCCCC2CN)C(=O)C1. The number of nitrogens with zero attached hydrogens (tertiary/aromatic N) is 1. The molecule has 2 fully saturated rings. The summed E-state index contributed by atoms with van der Waals surface area (Å²) in [5.74, 6) is 0.302. The van der Waals surface area contributed by atoms with E-state index in [0.717, 1.165) is 19.3 Å². The van der Waals surface area contributed by atoms with Gasteiger partial charge in [-0.2, -0.15) is 0 Å². The van der Waals surface area contributed by atoms with Gasteiger partial charge in [-0.3, -0.25) is 14.5 Å².